The molecule has 64 heavy (non-hydrogen) atoms. The molecule has 3 aromatic carbocycles. The monoisotopic (exact) mass is 914 g/mol. The topological polar surface area (TPSA) is 177 Å². The maximum Gasteiger partial charge on any atom is 0.210 e. The highest BCUT2D eigenvalue weighted by Gasteiger charge is 2.19. The van der Waals surface area contributed by atoms with Crippen LogP contribution in [0.1, 0.15) is 78.4 Å². The van der Waals surface area contributed by atoms with Gasteiger partial charge in [0.2, 0.25) is 11.4 Å². The summed E-state index contributed by atoms with van der Waals surface area (Å²) >= 11 is 0. The molecule has 4 aromatic heterocycles. The van der Waals surface area contributed by atoms with E-state index in [9.17, 15) is 0 Å². The summed E-state index contributed by atoms with van der Waals surface area (Å²) in [6, 6.07) is 39.5. The molecule has 0 bridgehead atoms. The van der Waals surface area contributed by atoms with Crippen LogP contribution in [-0.2, 0) is 0 Å². The van der Waals surface area contributed by atoms with E-state index in [0.29, 0.717) is 11.8 Å². The molecular weight excluding hydrogens is 848 g/mol. The van der Waals surface area contributed by atoms with Crippen molar-refractivity contribution >= 4 is 0 Å². The van der Waals surface area contributed by atoms with Crippen molar-refractivity contribution in [1.29, 1.82) is 0 Å². The molecule has 0 saturated carbocycles. The molecule has 0 fully saturated rings. The predicted molar refractivity (Wildman–Crippen MR) is 253 cm³/mol. The smallest absolute Gasteiger partial charge is 0.210 e. The molecule has 0 aliphatic heterocycles. The molecule has 0 saturated heterocycles. The Bertz CT molecular complexity index is 2060. The Balaban J connectivity index is 0. The van der Waals surface area contributed by atoms with Crippen molar-refractivity contribution in [3.8, 4) is 55.9 Å². The van der Waals surface area contributed by atoms with E-state index in [2.05, 4.69) is 157 Å². The van der Waals surface area contributed by atoms with Gasteiger partial charge in [-0.05, 0) is 156 Å². The lowest BCUT2D eigenvalue weighted by molar-refractivity contribution is -0.595. The van der Waals surface area contributed by atoms with E-state index in [1.807, 2.05) is 49.1 Å². The molecule has 7 aromatic rings. The van der Waals surface area contributed by atoms with Gasteiger partial charge >= 0.3 is 0 Å². The van der Waals surface area contributed by atoms with Gasteiger partial charge in [0.05, 0.1) is 0 Å². The van der Waals surface area contributed by atoms with Crippen molar-refractivity contribution in [2.45, 2.75) is 67.2 Å². The highest BCUT2D eigenvalue weighted by molar-refractivity contribution is 5.78. The molecule has 4 heterocycles. The van der Waals surface area contributed by atoms with Crippen LogP contribution < -0.4 is 33.9 Å². The summed E-state index contributed by atoms with van der Waals surface area (Å²) in [5.74, 6) is 0.756. The van der Waals surface area contributed by atoms with Gasteiger partial charge in [-0.2, -0.15) is 9.13 Å². The fourth-order valence-corrected chi connectivity index (χ4v) is 6.39. The molecule has 12 heteroatoms. The maximum absolute atomic E-state index is 7.57. The van der Waals surface area contributed by atoms with Gasteiger partial charge in [-0.15, -0.1) is 0 Å². The second-order valence-electron chi connectivity index (χ2n) is 14.2. The Morgan fingerprint density at radius 2 is 0.625 bits per heavy atom. The molecule has 10 nitrogen and oxygen atoms in total. The number of pyridine rings is 4. The third-order valence-electron chi connectivity index (χ3n) is 9.10. The van der Waals surface area contributed by atoms with Gasteiger partial charge in [-0.1, -0.05) is 27.7 Å². The standard InChI is InChI=1S/C44H40N4.4C2H6O.2ClH.2H2O/c1-31(2)41-29-44(38-7-11-40(12-8-38)48-27-19-36(20-28-48)34-15-23-46-24-16-34)42(32(3)4)30-43(41)37-5-9-39(10-6-37)47-25-17-35(18-26-47)33-13-21-45-22-14-33;4*1-2-3;;;;/h5-32H,1-4H3;4*3H,2H2,1H3;2*1H;2*1H2/q+2;;;;;;;;/p-2. The van der Waals surface area contributed by atoms with Crippen molar-refractivity contribution in [3.63, 3.8) is 0 Å². The summed E-state index contributed by atoms with van der Waals surface area (Å²) in [5.41, 5.74) is 14.8. The highest BCUT2D eigenvalue weighted by atomic mass is 35.5. The van der Waals surface area contributed by atoms with Gasteiger partial charge in [-0.25, -0.2) is 0 Å². The largest absolute Gasteiger partial charge is 1.00 e. The van der Waals surface area contributed by atoms with Crippen molar-refractivity contribution < 1.29 is 65.3 Å². The van der Waals surface area contributed by atoms with Gasteiger partial charge in [0.15, 0.2) is 24.8 Å². The van der Waals surface area contributed by atoms with E-state index in [0.717, 1.165) is 11.4 Å². The highest BCUT2D eigenvalue weighted by Crippen LogP contribution is 2.39. The number of halogens is 2. The summed E-state index contributed by atoms with van der Waals surface area (Å²) in [6.07, 6.45) is 15.8. The second-order valence-corrected chi connectivity index (χ2v) is 14.2. The minimum atomic E-state index is 0. The van der Waals surface area contributed by atoms with Crippen molar-refractivity contribution in [2.75, 3.05) is 26.4 Å². The van der Waals surface area contributed by atoms with E-state index < -0.39 is 0 Å². The van der Waals surface area contributed by atoms with Gasteiger partial charge < -0.3 is 56.2 Å². The van der Waals surface area contributed by atoms with Crippen molar-refractivity contribution in [1.82, 2.24) is 9.97 Å². The zero-order valence-electron chi connectivity index (χ0n) is 38.3. The fourth-order valence-electron chi connectivity index (χ4n) is 6.39. The maximum atomic E-state index is 7.57. The van der Waals surface area contributed by atoms with Crippen LogP contribution in [0.15, 0.2) is 159 Å². The zero-order valence-corrected chi connectivity index (χ0v) is 39.8. The Kier molecular flexibility index (Phi) is 31.4. The van der Waals surface area contributed by atoms with Crippen LogP contribution in [0.25, 0.3) is 55.9 Å². The number of hydrogen-bond donors (Lipinski definition) is 4. The molecule has 0 unspecified atom stereocenters. The van der Waals surface area contributed by atoms with Crippen LogP contribution in [-0.4, -0.2) is 67.8 Å². The summed E-state index contributed by atoms with van der Waals surface area (Å²) in [7, 11) is 0. The third kappa shape index (κ3) is 18.0. The van der Waals surface area contributed by atoms with Crippen LogP contribution >= 0.6 is 0 Å². The normalized spacial score (nSPS) is 9.59. The fraction of sp³-hybridized carbons (Fsp3) is 0.269. The van der Waals surface area contributed by atoms with E-state index >= 15 is 0 Å². The molecule has 0 radical (unpaired) electrons. The molecule has 0 atom stereocenters. The quantitative estimate of drug-likeness (QED) is 0.170. The predicted octanol–water partition coefficient (Wildman–Crippen LogP) is 2.30. The number of nitrogens with zero attached hydrogens (tertiary/aromatic N) is 4. The van der Waals surface area contributed by atoms with Gasteiger partial charge in [0.1, 0.15) is 0 Å². The third-order valence-corrected chi connectivity index (χ3v) is 9.10. The van der Waals surface area contributed by atoms with E-state index in [1.165, 1.54) is 55.6 Å². The molecule has 0 spiro atoms. The second kappa shape index (κ2) is 33.2. The van der Waals surface area contributed by atoms with Gasteiger partial charge in [-0.3, -0.25) is 9.97 Å². The lowest BCUT2D eigenvalue weighted by Crippen LogP contribution is -3.00. The van der Waals surface area contributed by atoms with Crippen molar-refractivity contribution in [2.24, 2.45) is 0 Å². The molecule has 0 aliphatic rings. The molecule has 7 rings (SSSR count). The first-order valence-electron chi connectivity index (χ1n) is 20.8. The molecule has 0 amide bonds. The summed E-state index contributed by atoms with van der Waals surface area (Å²) in [4.78, 5) is 8.27. The average molecular weight is 916 g/mol. The van der Waals surface area contributed by atoms with Crippen LogP contribution in [0.4, 0.5) is 0 Å². The van der Waals surface area contributed by atoms with E-state index in [4.69, 9.17) is 20.4 Å². The van der Waals surface area contributed by atoms with E-state index in [1.54, 1.807) is 27.7 Å². The molecule has 8 N–H and O–H groups in total. The summed E-state index contributed by atoms with van der Waals surface area (Å²) in [5, 5.41) is 30.3. The van der Waals surface area contributed by atoms with Crippen LogP contribution in [0.2, 0.25) is 0 Å². The number of aliphatic hydroxyl groups excluding tert-OH is 4. The zero-order chi connectivity index (χ0) is 43.9. The minimum Gasteiger partial charge on any atom is -1.00 e. The first kappa shape index (κ1) is 60.7. The van der Waals surface area contributed by atoms with Crippen LogP contribution in [0, 0.1) is 0 Å². The Morgan fingerprint density at radius 3 is 0.859 bits per heavy atom. The molecule has 346 valence electrons. The first-order valence-corrected chi connectivity index (χ1v) is 20.8. The number of hydrogen-bond acceptors (Lipinski definition) is 6. The first-order chi connectivity index (χ1) is 29.1. The molecule has 0 aliphatic carbocycles. The lowest BCUT2D eigenvalue weighted by Gasteiger charge is -2.21. The average Bonchev–Trinajstić information content (AvgIpc) is 3.28. The summed E-state index contributed by atoms with van der Waals surface area (Å²) in [6.45, 7) is 16.9. The SMILES string of the molecule is CC(C)c1cc(-c2ccc(-[n+]3ccc(-c4ccncc4)cc3)cc2)c(C(C)C)cc1-c1ccc(-[n+]2ccc(-c3ccncc3)cc2)cc1.CCO.CCO.CCO.CCO.O.O.[Cl-].[Cl-]. The van der Waals surface area contributed by atoms with Gasteiger partial charge in [0, 0.05) is 99.7 Å². The number of aliphatic hydroxyl groups is 4. The Morgan fingerprint density at radius 1 is 0.391 bits per heavy atom. The minimum absolute atomic E-state index is 0. The van der Waals surface area contributed by atoms with Gasteiger partial charge in [0.25, 0.3) is 0 Å². The number of benzene rings is 3. The lowest BCUT2D eigenvalue weighted by atomic mass is 9.83. The van der Waals surface area contributed by atoms with E-state index in [-0.39, 0.29) is 62.2 Å². The number of rotatable bonds is 8. The van der Waals surface area contributed by atoms with Crippen LogP contribution in [0.5, 0.6) is 0 Å². The summed E-state index contributed by atoms with van der Waals surface area (Å²) < 4.78 is 4.33. The Labute approximate surface area is 393 Å². The Hall–Kier alpha value is -5.40. The van der Waals surface area contributed by atoms with Crippen molar-refractivity contribution in [3.05, 3.63) is 170 Å². The number of aromatic nitrogens is 4. The van der Waals surface area contributed by atoms with Crippen LogP contribution in [0.3, 0.4) is 0 Å². The molecular formula is C52H68Cl2N4O6.